The summed E-state index contributed by atoms with van der Waals surface area (Å²) in [7, 11) is 4.22. The van der Waals surface area contributed by atoms with E-state index in [1.165, 1.54) is 17.1 Å². The van der Waals surface area contributed by atoms with E-state index in [0.717, 1.165) is 51.1 Å². The monoisotopic (exact) mass is 708 g/mol. The SMILES string of the molecule is CN1CCn2c(-c3cnn(C)c3)cnc2C12CCN(Cc1ccoc1)CC2.O=C(O)C(F)(F)F.O=C(O)C(F)(F)F.O=C(O)C(F)(F)F. The van der Waals surface area contributed by atoms with Crippen LogP contribution in [0.2, 0.25) is 0 Å². The smallest absolute Gasteiger partial charge is 0.475 e. The van der Waals surface area contributed by atoms with Crippen LogP contribution in [-0.2, 0) is 40.1 Å². The number of aromatic nitrogens is 4. The molecule has 3 aromatic rings. The van der Waals surface area contributed by atoms with Crippen LogP contribution in [0.3, 0.4) is 0 Å². The number of carbonyl (C=O) groups is 3. The number of nitrogens with zero attached hydrogens (tertiary/aromatic N) is 6. The number of halogens is 9. The van der Waals surface area contributed by atoms with Gasteiger partial charge in [0.25, 0.3) is 0 Å². The lowest BCUT2D eigenvalue weighted by Gasteiger charge is -2.49. The number of carboxylic acid groups (broad SMARTS) is 3. The highest BCUT2D eigenvalue weighted by molar-refractivity contribution is 5.73. The van der Waals surface area contributed by atoms with Crippen molar-refractivity contribution < 1.29 is 73.6 Å². The zero-order chi connectivity index (χ0) is 36.7. The average molecular weight is 709 g/mol. The van der Waals surface area contributed by atoms with Gasteiger partial charge in [0.1, 0.15) is 5.82 Å². The molecular formula is C26H29F9N6O7. The predicted molar refractivity (Wildman–Crippen MR) is 143 cm³/mol. The molecule has 1 spiro atoms. The molecule has 0 unspecified atom stereocenters. The Morgan fingerprint density at radius 2 is 1.33 bits per heavy atom. The number of piperidine rings is 1. The molecule has 0 aromatic carbocycles. The maximum absolute atomic E-state index is 10.6. The summed E-state index contributed by atoms with van der Waals surface area (Å²) in [5.74, 6) is -7.05. The van der Waals surface area contributed by atoms with E-state index in [9.17, 15) is 39.5 Å². The van der Waals surface area contributed by atoms with E-state index in [-0.39, 0.29) is 5.54 Å². The molecule has 1 saturated heterocycles. The summed E-state index contributed by atoms with van der Waals surface area (Å²) in [5, 5.41) is 25.7. The molecule has 1 fully saturated rings. The zero-order valence-electron chi connectivity index (χ0n) is 25.0. The van der Waals surface area contributed by atoms with Gasteiger partial charge in [0.05, 0.1) is 36.2 Å². The summed E-state index contributed by atoms with van der Waals surface area (Å²) in [6.07, 6.45) is -3.40. The van der Waals surface area contributed by atoms with Crippen molar-refractivity contribution in [2.24, 2.45) is 7.05 Å². The van der Waals surface area contributed by atoms with Gasteiger partial charge in [0.2, 0.25) is 0 Å². The minimum atomic E-state index is -5.08. The third-order valence-corrected chi connectivity index (χ3v) is 7.06. The van der Waals surface area contributed by atoms with Crippen molar-refractivity contribution in [2.75, 3.05) is 26.7 Å². The van der Waals surface area contributed by atoms with E-state index in [0.29, 0.717) is 0 Å². The van der Waals surface area contributed by atoms with E-state index < -0.39 is 36.4 Å². The van der Waals surface area contributed by atoms with Crippen molar-refractivity contribution in [3.8, 4) is 11.3 Å². The number of imidazole rings is 1. The number of aryl methyl sites for hydroxylation is 1. The first kappa shape index (κ1) is 39.6. The van der Waals surface area contributed by atoms with E-state index in [1.807, 2.05) is 30.4 Å². The molecular weight excluding hydrogens is 679 g/mol. The normalized spacial score (nSPS) is 16.3. The van der Waals surface area contributed by atoms with Crippen LogP contribution < -0.4 is 0 Å². The average Bonchev–Trinajstić information content (AvgIpc) is 3.73. The fourth-order valence-corrected chi connectivity index (χ4v) is 4.72. The molecule has 0 atom stereocenters. The summed E-state index contributed by atoms with van der Waals surface area (Å²) in [6, 6.07) is 2.06. The summed E-state index contributed by atoms with van der Waals surface area (Å²) in [6.45, 7) is 5.15. The topological polar surface area (TPSA) is 167 Å². The van der Waals surface area contributed by atoms with Crippen molar-refractivity contribution in [1.82, 2.24) is 29.1 Å². The van der Waals surface area contributed by atoms with E-state index in [2.05, 4.69) is 38.8 Å². The number of aliphatic carboxylic acids is 3. The molecule has 22 heteroatoms. The summed E-state index contributed by atoms with van der Waals surface area (Å²) in [5.41, 5.74) is 3.62. The van der Waals surface area contributed by atoms with Crippen LogP contribution in [0.5, 0.6) is 0 Å². The van der Waals surface area contributed by atoms with Crippen LogP contribution in [0.4, 0.5) is 39.5 Å². The predicted octanol–water partition coefficient (Wildman–Crippen LogP) is 4.21. The number of fused-ring (bicyclic) bond motifs is 2. The zero-order valence-corrected chi connectivity index (χ0v) is 25.0. The number of alkyl halides is 9. The molecule has 3 aromatic heterocycles. The summed E-state index contributed by atoms with van der Waals surface area (Å²) < 4.78 is 105. The molecule has 2 aliphatic heterocycles. The van der Waals surface area contributed by atoms with Crippen LogP contribution in [0, 0.1) is 0 Å². The van der Waals surface area contributed by atoms with E-state index in [4.69, 9.17) is 39.1 Å². The molecule has 13 nitrogen and oxygen atoms in total. The Labute approximate surface area is 264 Å². The second-order valence-corrected chi connectivity index (χ2v) is 10.3. The van der Waals surface area contributed by atoms with Crippen LogP contribution in [-0.4, -0.2) is 108 Å². The molecule has 0 bridgehead atoms. The number of likely N-dealkylation sites (N-methyl/N-ethyl adjacent to an activating group) is 1. The molecule has 5 heterocycles. The fourth-order valence-electron chi connectivity index (χ4n) is 4.72. The Morgan fingerprint density at radius 3 is 1.73 bits per heavy atom. The Kier molecular flexibility index (Phi) is 12.8. The molecule has 0 aliphatic carbocycles. The van der Waals surface area contributed by atoms with Crippen molar-refractivity contribution >= 4 is 17.9 Å². The molecule has 0 saturated carbocycles. The van der Waals surface area contributed by atoms with Gasteiger partial charge in [-0.1, -0.05) is 0 Å². The Bertz CT molecular complexity index is 1450. The van der Waals surface area contributed by atoms with Gasteiger partial charge >= 0.3 is 36.4 Å². The van der Waals surface area contributed by atoms with Crippen LogP contribution in [0.25, 0.3) is 11.3 Å². The minimum absolute atomic E-state index is 0.0333. The van der Waals surface area contributed by atoms with E-state index in [1.54, 1.807) is 6.26 Å². The number of hydrogen-bond acceptors (Lipinski definition) is 8. The molecule has 268 valence electrons. The van der Waals surface area contributed by atoms with Crippen molar-refractivity contribution in [1.29, 1.82) is 0 Å². The van der Waals surface area contributed by atoms with Gasteiger partial charge in [-0.25, -0.2) is 19.4 Å². The number of furan rings is 1. The fraction of sp³-hybridized carbons (Fsp3) is 0.500. The highest BCUT2D eigenvalue weighted by Gasteiger charge is 2.46. The van der Waals surface area contributed by atoms with Gasteiger partial charge in [-0.2, -0.15) is 44.6 Å². The van der Waals surface area contributed by atoms with Crippen molar-refractivity contribution in [2.45, 2.75) is 50.0 Å². The van der Waals surface area contributed by atoms with Crippen LogP contribution in [0.15, 0.2) is 41.6 Å². The highest BCUT2D eigenvalue weighted by Crippen LogP contribution is 2.41. The Balaban J connectivity index is 0.000000313. The lowest BCUT2D eigenvalue weighted by atomic mass is 9.83. The highest BCUT2D eigenvalue weighted by atomic mass is 19.4. The first-order valence-corrected chi connectivity index (χ1v) is 13.4. The molecule has 48 heavy (non-hydrogen) atoms. The Hall–Kier alpha value is -4.60. The third-order valence-electron chi connectivity index (χ3n) is 7.06. The van der Waals surface area contributed by atoms with Gasteiger partial charge in [0, 0.05) is 57.1 Å². The number of rotatable bonds is 3. The van der Waals surface area contributed by atoms with Gasteiger partial charge in [-0.3, -0.25) is 14.5 Å². The molecule has 3 N–H and O–H groups in total. The molecule has 2 aliphatic rings. The van der Waals surface area contributed by atoms with Crippen molar-refractivity contribution in [3.05, 3.63) is 48.6 Å². The number of likely N-dealkylation sites (tertiary alicyclic amines) is 1. The van der Waals surface area contributed by atoms with Crippen LogP contribution >= 0.6 is 0 Å². The maximum Gasteiger partial charge on any atom is 0.490 e. The standard InChI is InChI=1S/C20H26N6O.3C2HF3O2/c1-23-8-9-26-18(17-11-22-24(2)14-17)12-21-19(26)20(23)4-6-25(7-5-20)13-16-3-10-27-15-16;3*3-2(4,5)1(6)7/h3,10-12,14-15H,4-9,13H2,1-2H3;3*(H,6,7). The second-order valence-electron chi connectivity index (χ2n) is 10.3. The lowest BCUT2D eigenvalue weighted by molar-refractivity contribution is -0.193. The quantitative estimate of drug-likeness (QED) is 0.334. The molecule has 5 rings (SSSR count). The number of hydrogen-bond donors (Lipinski definition) is 3. The van der Waals surface area contributed by atoms with Gasteiger partial charge in [0.15, 0.2) is 0 Å². The molecule has 0 amide bonds. The lowest BCUT2D eigenvalue weighted by Crippen LogP contribution is -2.56. The second kappa shape index (κ2) is 15.5. The van der Waals surface area contributed by atoms with Crippen molar-refractivity contribution in [3.63, 3.8) is 0 Å². The largest absolute Gasteiger partial charge is 0.490 e. The minimum Gasteiger partial charge on any atom is -0.475 e. The van der Waals surface area contributed by atoms with E-state index >= 15 is 0 Å². The Morgan fingerprint density at radius 1 is 0.833 bits per heavy atom. The first-order chi connectivity index (χ1) is 22.0. The summed E-state index contributed by atoms with van der Waals surface area (Å²) in [4.78, 5) is 36.7. The maximum atomic E-state index is 10.6. The van der Waals surface area contributed by atoms with Gasteiger partial charge < -0.3 is 24.3 Å². The van der Waals surface area contributed by atoms with Gasteiger partial charge in [-0.05, 0) is 26.0 Å². The van der Waals surface area contributed by atoms with Gasteiger partial charge in [-0.15, -0.1) is 0 Å². The third kappa shape index (κ3) is 10.7. The summed E-state index contributed by atoms with van der Waals surface area (Å²) >= 11 is 0. The van der Waals surface area contributed by atoms with Crippen LogP contribution in [0.1, 0.15) is 24.2 Å². The molecule has 0 radical (unpaired) electrons. The number of carboxylic acids is 3. The first-order valence-electron chi connectivity index (χ1n) is 13.4.